The fourth-order valence-corrected chi connectivity index (χ4v) is 5.07. The predicted molar refractivity (Wildman–Crippen MR) is 119 cm³/mol. The zero-order valence-corrected chi connectivity index (χ0v) is 18.6. The number of piperazine rings is 1. The van der Waals surface area contributed by atoms with E-state index in [1.54, 1.807) is 12.1 Å². The van der Waals surface area contributed by atoms with Gasteiger partial charge >= 0.3 is 0 Å². The Morgan fingerprint density at radius 3 is 2.20 bits per heavy atom. The Labute approximate surface area is 180 Å². The number of hydrogen-bond acceptors (Lipinski definition) is 4. The maximum Gasteiger partial charge on any atom is 0.243 e. The van der Waals surface area contributed by atoms with Crippen LogP contribution in [-0.2, 0) is 21.2 Å². The number of hydrogen-bond donors (Lipinski definition) is 0. The lowest BCUT2D eigenvalue weighted by Crippen LogP contribution is -2.51. The Morgan fingerprint density at radius 2 is 1.60 bits per heavy atom. The molecule has 1 aliphatic rings. The molecule has 1 heterocycles. The highest BCUT2D eigenvalue weighted by molar-refractivity contribution is 7.89. The number of sulfonamides is 1. The van der Waals surface area contributed by atoms with Crippen LogP contribution in [0.1, 0.15) is 18.1 Å². The number of carbonyl (C=O) groups is 1. The van der Waals surface area contributed by atoms with E-state index in [1.165, 1.54) is 9.87 Å². The molecule has 30 heavy (non-hydrogen) atoms. The molecule has 0 aliphatic carbocycles. The van der Waals surface area contributed by atoms with Crippen LogP contribution in [0.15, 0.2) is 59.5 Å². The van der Waals surface area contributed by atoms with E-state index in [1.807, 2.05) is 49.1 Å². The van der Waals surface area contributed by atoms with Crippen molar-refractivity contribution in [2.45, 2.75) is 25.2 Å². The SMILES string of the molecule is CCN(CCc1ccccc1)C(=O)CN1CCN(S(=O)(=O)c2ccc(C)cc2)CC1. The van der Waals surface area contributed by atoms with E-state index in [4.69, 9.17) is 0 Å². The first-order valence-electron chi connectivity index (χ1n) is 10.5. The molecule has 2 aromatic carbocycles. The third-order valence-electron chi connectivity index (χ3n) is 5.60. The van der Waals surface area contributed by atoms with Gasteiger partial charge < -0.3 is 4.90 Å². The molecule has 0 bridgehead atoms. The van der Waals surface area contributed by atoms with Crippen LogP contribution in [0.5, 0.6) is 0 Å². The van der Waals surface area contributed by atoms with E-state index in [9.17, 15) is 13.2 Å². The van der Waals surface area contributed by atoms with Gasteiger partial charge in [0.2, 0.25) is 15.9 Å². The molecule has 0 radical (unpaired) electrons. The van der Waals surface area contributed by atoms with Crippen molar-refractivity contribution in [3.05, 3.63) is 65.7 Å². The Bertz CT molecular complexity index is 922. The Kier molecular flexibility index (Phi) is 7.64. The summed E-state index contributed by atoms with van der Waals surface area (Å²) in [6, 6.07) is 17.1. The summed E-state index contributed by atoms with van der Waals surface area (Å²) in [5.41, 5.74) is 2.25. The second-order valence-electron chi connectivity index (χ2n) is 7.70. The van der Waals surface area contributed by atoms with Gasteiger partial charge in [0, 0.05) is 39.3 Å². The van der Waals surface area contributed by atoms with Crippen LogP contribution in [0.25, 0.3) is 0 Å². The highest BCUT2D eigenvalue weighted by atomic mass is 32.2. The van der Waals surface area contributed by atoms with Gasteiger partial charge in [-0.15, -0.1) is 0 Å². The van der Waals surface area contributed by atoms with Crippen LogP contribution in [0.4, 0.5) is 0 Å². The van der Waals surface area contributed by atoms with Crippen LogP contribution >= 0.6 is 0 Å². The third-order valence-corrected chi connectivity index (χ3v) is 7.51. The van der Waals surface area contributed by atoms with Crippen LogP contribution < -0.4 is 0 Å². The van der Waals surface area contributed by atoms with Crippen molar-refractivity contribution in [3.63, 3.8) is 0 Å². The molecule has 0 aromatic heterocycles. The maximum absolute atomic E-state index is 12.8. The van der Waals surface area contributed by atoms with Gasteiger partial charge in [-0.1, -0.05) is 48.0 Å². The van der Waals surface area contributed by atoms with Crippen LogP contribution in [0, 0.1) is 6.92 Å². The third kappa shape index (κ3) is 5.68. The number of aryl methyl sites for hydroxylation is 1. The molecular formula is C23H31N3O3S. The average molecular weight is 430 g/mol. The summed E-state index contributed by atoms with van der Waals surface area (Å²) < 4.78 is 27.2. The first kappa shape index (κ1) is 22.5. The molecule has 0 spiro atoms. The molecule has 0 atom stereocenters. The van der Waals surface area contributed by atoms with Gasteiger partial charge in [0.25, 0.3) is 0 Å². The lowest BCUT2D eigenvalue weighted by Gasteiger charge is -2.34. The average Bonchev–Trinajstić information content (AvgIpc) is 2.75. The highest BCUT2D eigenvalue weighted by Crippen LogP contribution is 2.18. The summed E-state index contributed by atoms with van der Waals surface area (Å²) in [5.74, 6) is 0.100. The first-order chi connectivity index (χ1) is 14.4. The van der Waals surface area contributed by atoms with Gasteiger partial charge in [0.15, 0.2) is 0 Å². The fraction of sp³-hybridized carbons (Fsp3) is 0.435. The molecule has 2 aromatic rings. The lowest BCUT2D eigenvalue weighted by atomic mass is 10.1. The molecule has 3 rings (SSSR count). The van der Waals surface area contributed by atoms with Crippen molar-refractivity contribution in [1.29, 1.82) is 0 Å². The number of rotatable bonds is 8. The molecule has 7 heteroatoms. The summed E-state index contributed by atoms with van der Waals surface area (Å²) in [4.78, 5) is 17.0. The number of likely N-dealkylation sites (N-methyl/N-ethyl adjacent to an activating group) is 1. The minimum atomic E-state index is -3.48. The summed E-state index contributed by atoms with van der Waals surface area (Å²) in [5, 5.41) is 0. The molecule has 162 valence electrons. The Balaban J connectivity index is 1.50. The topological polar surface area (TPSA) is 60.9 Å². The predicted octanol–water partition coefficient (Wildman–Crippen LogP) is 2.39. The summed E-state index contributed by atoms with van der Waals surface area (Å²) in [6.45, 7) is 7.57. The molecule has 1 aliphatic heterocycles. The normalized spacial score (nSPS) is 15.8. The van der Waals surface area contributed by atoms with E-state index in [0.717, 1.165) is 12.0 Å². The number of benzene rings is 2. The lowest BCUT2D eigenvalue weighted by molar-refractivity contribution is -0.132. The molecular weight excluding hydrogens is 398 g/mol. The zero-order chi connectivity index (χ0) is 21.6. The zero-order valence-electron chi connectivity index (χ0n) is 17.8. The Morgan fingerprint density at radius 1 is 0.967 bits per heavy atom. The highest BCUT2D eigenvalue weighted by Gasteiger charge is 2.29. The minimum absolute atomic E-state index is 0.100. The molecule has 6 nitrogen and oxygen atoms in total. The second-order valence-corrected chi connectivity index (χ2v) is 9.64. The van der Waals surface area contributed by atoms with E-state index in [2.05, 4.69) is 17.0 Å². The second kappa shape index (κ2) is 10.2. The van der Waals surface area contributed by atoms with Crippen molar-refractivity contribution >= 4 is 15.9 Å². The van der Waals surface area contributed by atoms with Crippen molar-refractivity contribution in [2.24, 2.45) is 0 Å². The molecule has 0 N–H and O–H groups in total. The van der Waals surface area contributed by atoms with Gasteiger partial charge in [0.1, 0.15) is 0 Å². The summed E-state index contributed by atoms with van der Waals surface area (Å²) >= 11 is 0. The largest absolute Gasteiger partial charge is 0.342 e. The standard InChI is InChI=1S/C23H31N3O3S/c1-3-25(14-13-21-7-5-4-6-8-21)23(27)19-24-15-17-26(18-16-24)30(28,29)22-11-9-20(2)10-12-22/h4-12H,3,13-19H2,1-2H3. The maximum atomic E-state index is 12.8. The summed E-state index contributed by atoms with van der Waals surface area (Å²) in [6.07, 6.45) is 0.836. The molecule has 1 amide bonds. The van der Waals surface area contributed by atoms with E-state index < -0.39 is 10.0 Å². The van der Waals surface area contributed by atoms with Gasteiger partial charge in [-0.2, -0.15) is 4.31 Å². The van der Waals surface area contributed by atoms with Crippen molar-refractivity contribution in [3.8, 4) is 0 Å². The van der Waals surface area contributed by atoms with Crippen molar-refractivity contribution in [2.75, 3.05) is 45.8 Å². The molecule has 1 saturated heterocycles. The number of nitrogens with zero attached hydrogens (tertiary/aromatic N) is 3. The van der Waals surface area contributed by atoms with Crippen molar-refractivity contribution < 1.29 is 13.2 Å². The quantitative estimate of drug-likeness (QED) is 0.647. The molecule has 1 fully saturated rings. The molecule has 0 unspecified atom stereocenters. The first-order valence-corrected chi connectivity index (χ1v) is 11.9. The Hall–Kier alpha value is -2.22. The van der Waals surface area contributed by atoms with Crippen LogP contribution in [0.2, 0.25) is 0 Å². The van der Waals surface area contributed by atoms with Gasteiger partial charge in [-0.05, 0) is 38.0 Å². The van der Waals surface area contributed by atoms with Gasteiger partial charge in [-0.25, -0.2) is 8.42 Å². The number of amides is 1. The van der Waals surface area contributed by atoms with E-state index in [0.29, 0.717) is 50.7 Å². The smallest absolute Gasteiger partial charge is 0.243 e. The fourth-order valence-electron chi connectivity index (χ4n) is 3.65. The van der Waals surface area contributed by atoms with Crippen molar-refractivity contribution in [1.82, 2.24) is 14.1 Å². The van der Waals surface area contributed by atoms with Crippen LogP contribution in [-0.4, -0.2) is 74.2 Å². The van der Waals surface area contributed by atoms with E-state index in [-0.39, 0.29) is 5.91 Å². The monoisotopic (exact) mass is 429 g/mol. The molecule has 0 saturated carbocycles. The summed E-state index contributed by atoms with van der Waals surface area (Å²) in [7, 11) is -3.48. The van der Waals surface area contributed by atoms with Gasteiger partial charge in [0.05, 0.1) is 11.4 Å². The van der Waals surface area contributed by atoms with Gasteiger partial charge in [-0.3, -0.25) is 9.69 Å². The minimum Gasteiger partial charge on any atom is -0.342 e. The van der Waals surface area contributed by atoms with E-state index >= 15 is 0 Å². The van der Waals surface area contributed by atoms with Crippen LogP contribution in [0.3, 0.4) is 0 Å². The number of carbonyl (C=O) groups excluding carboxylic acids is 1.